The molecule has 1 aliphatic rings. The van der Waals surface area contributed by atoms with Crippen molar-refractivity contribution in [3.05, 3.63) is 41.7 Å². The quantitative estimate of drug-likeness (QED) is 0.452. The molecule has 0 aliphatic carbocycles. The van der Waals surface area contributed by atoms with Crippen LogP contribution in [0, 0.1) is 5.92 Å². The van der Waals surface area contributed by atoms with E-state index in [4.69, 9.17) is 14.2 Å². The second-order valence-corrected chi connectivity index (χ2v) is 5.09. The lowest BCUT2D eigenvalue weighted by molar-refractivity contribution is -0.151. The maximum atomic E-state index is 12.1. The Labute approximate surface area is 139 Å². The van der Waals surface area contributed by atoms with Crippen molar-refractivity contribution < 1.29 is 28.6 Å². The molecular weight excluding hydrogens is 312 g/mol. The molecule has 0 amide bonds. The summed E-state index contributed by atoms with van der Waals surface area (Å²) < 4.78 is 15.5. The summed E-state index contributed by atoms with van der Waals surface area (Å²) in [5.74, 6) is -2.16. The summed E-state index contributed by atoms with van der Waals surface area (Å²) in [6, 6.07) is 5.15. The summed E-state index contributed by atoms with van der Waals surface area (Å²) in [4.78, 5) is 35.7. The van der Waals surface area contributed by atoms with E-state index in [1.54, 1.807) is 18.2 Å². The molecule has 1 aliphatic heterocycles. The normalized spacial score (nSPS) is 17.5. The van der Waals surface area contributed by atoms with Gasteiger partial charge in [0.05, 0.1) is 13.7 Å². The Balaban J connectivity index is 2.18. The third-order valence-electron chi connectivity index (χ3n) is 3.34. The maximum absolute atomic E-state index is 12.1. The van der Waals surface area contributed by atoms with Gasteiger partial charge in [0.1, 0.15) is 5.76 Å². The number of allylic oxidation sites excluding steroid dienone is 3. The molecule has 0 saturated carbocycles. The molecule has 6 heteroatoms. The van der Waals surface area contributed by atoms with E-state index in [1.165, 1.54) is 26.2 Å². The number of benzene rings is 1. The molecule has 6 nitrogen and oxygen atoms in total. The summed E-state index contributed by atoms with van der Waals surface area (Å²) >= 11 is 0. The number of carbonyl (C=O) groups is 3. The van der Waals surface area contributed by atoms with Crippen LogP contribution in [0.5, 0.6) is 11.5 Å². The first-order valence-electron chi connectivity index (χ1n) is 7.42. The number of cyclic esters (lactones) is 1. The van der Waals surface area contributed by atoms with Crippen LogP contribution in [-0.4, -0.2) is 31.3 Å². The summed E-state index contributed by atoms with van der Waals surface area (Å²) in [7, 11) is 1.53. The van der Waals surface area contributed by atoms with E-state index >= 15 is 0 Å². The maximum Gasteiger partial charge on any atom is 0.329 e. The van der Waals surface area contributed by atoms with Crippen LogP contribution in [0.1, 0.15) is 19.4 Å². The average molecular weight is 330 g/mol. The third kappa shape index (κ3) is 3.90. The van der Waals surface area contributed by atoms with Gasteiger partial charge in [-0.3, -0.25) is 14.4 Å². The molecule has 126 valence electrons. The second kappa shape index (κ2) is 7.59. The molecule has 24 heavy (non-hydrogen) atoms. The molecule has 0 radical (unpaired) electrons. The molecule has 1 aromatic carbocycles. The Morgan fingerprint density at radius 2 is 2.04 bits per heavy atom. The van der Waals surface area contributed by atoms with E-state index in [1.807, 2.05) is 6.92 Å². The zero-order chi connectivity index (χ0) is 17.7. The smallest absolute Gasteiger partial charge is 0.329 e. The van der Waals surface area contributed by atoms with Gasteiger partial charge in [0.15, 0.2) is 29.0 Å². The minimum atomic E-state index is -1.44. The molecule has 0 saturated heterocycles. The fraction of sp³-hybridized carbons (Fsp3) is 0.278. The van der Waals surface area contributed by atoms with Crippen molar-refractivity contribution >= 4 is 23.6 Å². The number of esters is 1. The highest BCUT2D eigenvalue weighted by molar-refractivity contribution is 6.25. The standard InChI is InChI=1S/C18H18O6/c1-4-23-16-10-12(6-8-15(16)22-3)5-7-13(19)17-14(20)9-11(2)24-18(17)21/h5-10,17H,4H2,1-3H3. The van der Waals surface area contributed by atoms with E-state index < -0.39 is 23.5 Å². The summed E-state index contributed by atoms with van der Waals surface area (Å²) in [5, 5.41) is 0. The first-order valence-corrected chi connectivity index (χ1v) is 7.42. The van der Waals surface area contributed by atoms with Crippen molar-refractivity contribution in [1.29, 1.82) is 0 Å². The lowest BCUT2D eigenvalue weighted by Crippen LogP contribution is -2.34. The van der Waals surface area contributed by atoms with Gasteiger partial charge in [-0.15, -0.1) is 0 Å². The predicted octanol–water partition coefficient (Wildman–Crippen LogP) is 2.32. The van der Waals surface area contributed by atoms with Crippen molar-refractivity contribution in [3.8, 4) is 11.5 Å². The molecule has 2 rings (SSSR count). The Morgan fingerprint density at radius 1 is 1.29 bits per heavy atom. The Bertz CT molecular complexity index is 729. The minimum absolute atomic E-state index is 0.189. The van der Waals surface area contributed by atoms with E-state index in [0.717, 1.165) is 6.08 Å². The van der Waals surface area contributed by atoms with Gasteiger partial charge in [-0.2, -0.15) is 0 Å². The van der Waals surface area contributed by atoms with Gasteiger partial charge in [-0.25, -0.2) is 0 Å². The molecule has 0 spiro atoms. The highest BCUT2D eigenvalue weighted by atomic mass is 16.5. The van der Waals surface area contributed by atoms with Crippen LogP contribution in [0.3, 0.4) is 0 Å². The van der Waals surface area contributed by atoms with Crippen molar-refractivity contribution in [1.82, 2.24) is 0 Å². The summed E-state index contributed by atoms with van der Waals surface area (Å²) in [5.41, 5.74) is 0.677. The van der Waals surface area contributed by atoms with Gasteiger partial charge >= 0.3 is 5.97 Å². The second-order valence-electron chi connectivity index (χ2n) is 5.09. The van der Waals surface area contributed by atoms with Crippen molar-refractivity contribution in [2.24, 2.45) is 5.92 Å². The number of hydrogen-bond donors (Lipinski definition) is 0. The first-order chi connectivity index (χ1) is 11.5. The average Bonchev–Trinajstić information content (AvgIpc) is 2.52. The SMILES string of the molecule is CCOc1cc(C=CC(=O)C2C(=O)C=C(C)OC2=O)ccc1OC. The van der Waals surface area contributed by atoms with Crippen LogP contribution >= 0.6 is 0 Å². The van der Waals surface area contributed by atoms with Crippen molar-refractivity contribution in [2.75, 3.05) is 13.7 Å². The Hall–Kier alpha value is -2.89. The van der Waals surface area contributed by atoms with E-state index in [2.05, 4.69) is 0 Å². The van der Waals surface area contributed by atoms with E-state index in [9.17, 15) is 14.4 Å². The molecule has 1 aromatic rings. The van der Waals surface area contributed by atoms with Crippen LogP contribution < -0.4 is 9.47 Å². The molecule has 1 atom stereocenters. The predicted molar refractivity (Wildman–Crippen MR) is 86.6 cm³/mol. The topological polar surface area (TPSA) is 78.9 Å². The van der Waals surface area contributed by atoms with Crippen LogP contribution in [0.15, 0.2) is 36.1 Å². The molecule has 0 fully saturated rings. The largest absolute Gasteiger partial charge is 0.493 e. The fourth-order valence-corrected chi connectivity index (χ4v) is 2.24. The summed E-state index contributed by atoms with van der Waals surface area (Å²) in [6.45, 7) is 3.80. The molecule has 1 heterocycles. The van der Waals surface area contributed by atoms with Gasteiger partial charge < -0.3 is 14.2 Å². The van der Waals surface area contributed by atoms with Crippen LogP contribution in [0.2, 0.25) is 0 Å². The van der Waals surface area contributed by atoms with Gasteiger partial charge in [0.25, 0.3) is 0 Å². The number of carbonyl (C=O) groups excluding carboxylic acids is 3. The van der Waals surface area contributed by atoms with Crippen LogP contribution in [-0.2, 0) is 19.1 Å². The van der Waals surface area contributed by atoms with Gasteiger partial charge in [0, 0.05) is 6.08 Å². The molecule has 0 aromatic heterocycles. The van der Waals surface area contributed by atoms with Gasteiger partial charge in [-0.05, 0) is 37.6 Å². The van der Waals surface area contributed by atoms with E-state index in [0.29, 0.717) is 23.7 Å². The number of hydrogen-bond acceptors (Lipinski definition) is 6. The third-order valence-corrected chi connectivity index (χ3v) is 3.34. The van der Waals surface area contributed by atoms with Gasteiger partial charge in [-0.1, -0.05) is 12.1 Å². The highest BCUT2D eigenvalue weighted by Gasteiger charge is 2.36. The lowest BCUT2D eigenvalue weighted by atomic mass is 9.96. The van der Waals surface area contributed by atoms with Gasteiger partial charge in [0.2, 0.25) is 0 Å². The fourth-order valence-electron chi connectivity index (χ4n) is 2.24. The Morgan fingerprint density at radius 3 is 2.67 bits per heavy atom. The monoisotopic (exact) mass is 330 g/mol. The van der Waals surface area contributed by atoms with Crippen LogP contribution in [0.4, 0.5) is 0 Å². The molecular formula is C18H18O6. The highest BCUT2D eigenvalue weighted by Crippen LogP contribution is 2.28. The van der Waals surface area contributed by atoms with E-state index in [-0.39, 0.29) is 5.76 Å². The van der Waals surface area contributed by atoms with Crippen LogP contribution in [0.25, 0.3) is 6.08 Å². The summed E-state index contributed by atoms with van der Waals surface area (Å²) in [6.07, 6.45) is 3.85. The zero-order valence-electron chi connectivity index (χ0n) is 13.7. The number of ether oxygens (including phenoxy) is 3. The Kier molecular flexibility index (Phi) is 5.52. The first kappa shape index (κ1) is 17.5. The van der Waals surface area contributed by atoms with Crippen molar-refractivity contribution in [3.63, 3.8) is 0 Å². The molecule has 0 bridgehead atoms. The number of rotatable bonds is 6. The lowest BCUT2D eigenvalue weighted by Gasteiger charge is -2.15. The minimum Gasteiger partial charge on any atom is -0.493 e. The molecule has 1 unspecified atom stereocenters. The van der Waals surface area contributed by atoms with Crippen molar-refractivity contribution in [2.45, 2.75) is 13.8 Å². The zero-order valence-corrected chi connectivity index (χ0v) is 13.7. The molecule has 0 N–H and O–H groups in total. The number of methoxy groups -OCH3 is 1. The number of ketones is 2.